The van der Waals surface area contributed by atoms with E-state index < -0.39 is 0 Å². The summed E-state index contributed by atoms with van der Waals surface area (Å²) in [6.45, 7) is 6.25. The Hall–Kier alpha value is -1.95. The number of methoxy groups -OCH3 is 1. The summed E-state index contributed by atoms with van der Waals surface area (Å²) >= 11 is 0. The fourth-order valence-corrected chi connectivity index (χ4v) is 3.07. The fraction of sp³-hybridized carbons (Fsp3) is 0.611. The highest BCUT2D eigenvalue weighted by atomic mass is 16.5. The van der Waals surface area contributed by atoms with Crippen LogP contribution >= 0.6 is 0 Å². The van der Waals surface area contributed by atoms with Crippen LogP contribution in [-0.4, -0.2) is 55.0 Å². The van der Waals surface area contributed by atoms with Crippen molar-refractivity contribution in [2.24, 2.45) is 0 Å². The number of likely N-dealkylation sites (tertiary alicyclic amines) is 1. The minimum atomic E-state index is -0.110. The van der Waals surface area contributed by atoms with Gasteiger partial charge in [-0.05, 0) is 31.9 Å². The van der Waals surface area contributed by atoms with Crippen LogP contribution < -0.4 is 5.32 Å². The van der Waals surface area contributed by atoms with E-state index in [1.54, 1.807) is 7.11 Å². The van der Waals surface area contributed by atoms with Crippen LogP contribution in [0.25, 0.3) is 0 Å². The quantitative estimate of drug-likeness (QED) is 0.807. The largest absolute Gasteiger partial charge is 0.383 e. The fourth-order valence-electron chi connectivity index (χ4n) is 3.07. The van der Waals surface area contributed by atoms with Crippen molar-refractivity contribution >= 4 is 11.8 Å². The number of amides is 2. The third kappa shape index (κ3) is 4.54. The Morgan fingerprint density at radius 2 is 2.04 bits per heavy atom. The number of nitrogens with one attached hydrogen (secondary N) is 1. The molecular formula is C18H27N3O3. The van der Waals surface area contributed by atoms with Crippen molar-refractivity contribution in [1.29, 1.82) is 0 Å². The number of nitrogens with zero attached hydrogens (tertiary/aromatic N) is 2. The molecule has 132 valence electrons. The van der Waals surface area contributed by atoms with E-state index in [2.05, 4.69) is 10.3 Å². The molecule has 1 fully saturated rings. The summed E-state index contributed by atoms with van der Waals surface area (Å²) in [5.41, 5.74) is 2.40. The molecule has 1 aliphatic rings. The minimum absolute atomic E-state index is 0.110. The highest BCUT2D eigenvalue weighted by Gasteiger charge is 2.27. The van der Waals surface area contributed by atoms with Crippen LogP contribution in [0.1, 0.15) is 53.8 Å². The molecule has 1 aromatic rings. The number of aryl methyl sites for hydroxylation is 1. The second kappa shape index (κ2) is 8.78. The predicted molar refractivity (Wildman–Crippen MR) is 92.0 cm³/mol. The van der Waals surface area contributed by atoms with Crippen molar-refractivity contribution in [2.45, 2.75) is 39.0 Å². The molecule has 1 aromatic heterocycles. The van der Waals surface area contributed by atoms with Crippen LogP contribution in [0.4, 0.5) is 0 Å². The van der Waals surface area contributed by atoms with E-state index in [1.165, 1.54) is 0 Å². The third-order valence-electron chi connectivity index (χ3n) is 4.44. The van der Waals surface area contributed by atoms with Crippen molar-refractivity contribution in [2.75, 3.05) is 33.4 Å². The zero-order valence-corrected chi connectivity index (χ0v) is 14.8. The normalized spacial score (nSPS) is 15.4. The average molecular weight is 333 g/mol. The Balaban J connectivity index is 2.10. The van der Waals surface area contributed by atoms with E-state index in [-0.39, 0.29) is 17.7 Å². The Bertz CT molecular complexity index is 581. The third-order valence-corrected chi connectivity index (χ3v) is 4.44. The lowest BCUT2D eigenvalue weighted by Crippen LogP contribution is -2.38. The first-order valence-electron chi connectivity index (χ1n) is 8.59. The maximum absolute atomic E-state index is 12.4. The zero-order chi connectivity index (χ0) is 17.5. The van der Waals surface area contributed by atoms with Gasteiger partial charge in [-0.15, -0.1) is 0 Å². The molecule has 0 unspecified atom stereocenters. The van der Waals surface area contributed by atoms with Gasteiger partial charge in [-0.1, -0.05) is 6.92 Å². The lowest BCUT2D eigenvalue weighted by atomic mass is 9.89. The SMILES string of the molecule is CCC(=O)N1CCC(c2nc(C)ccc2C(=O)NCCOC)CC1. The van der Waals surface area contributed by atoms with Crippen LogP contribution in [0.3, 0.4) is 0 Å². The number of hydrogen-bond donors (Lipinski definition) is 1. The summed E-state index contributed by atoms with van der Waals surface area (Å²) in [6.07, 6.45) is 2.24. The van der Waals surface area contributed by atoms with E-state index in [4.69, 9.17) is 4.74 Å². The topological polar surface area (TPSA) is 71.5 Å². The number of pyridine rings is 1. The van der Waals surface area contributed by atoms with Crippen molar-refractivity contribution in [1.82, 2.24) is 15.2 Å². The van der Waals surface area contributed by atoms with Gasteiger partial charge < -0.3 is 15.0 Å². The Kier molecular flexibility index (Phi) is 6.73. The van der Waals surface area contributed by atoms with Crippen LogP contribution in [-0.2, 0) is 9.53 Å². The van der Waals surface area contributed by atoms with Gasteiger partial charge in [-0.2, -0.15) is 0 Å². The van der Waals surface area contributed by atoms with Gasteiger partial charge in [-0.3, -0.25) is 14.6 Å². The van der Waals surface area contributed by atoms with Crippen LogP contribution in [0.5, 0.6) is 0 Å². The van der Waals surface area contributed by atoms with Gasteiger partial charge in [0.1, 0.15) is 0 Å². The molecule has 0 bridgehead atoms. The van der Waals surface area contributed by atoms with E-state index in [0.29, 0.717) is 25.1 Å². The minimum Gasteiger partial charge on any atom is -0.383 e. The summed E-state index contributed by atoms with van der Waals surface area (Å²) in [7, 11) is 1.61. The molecule has 0 spiro atoms. The standard InChI is InChI=1S/C18H27N3O3/c1-4-16(22)21-10-7-14(8-11-21)17-15(6-5-13(2)20-17)18(23)19-9-12-24-3/h5-6,14H,4,7-12H2,1-3H3,(H,19,23). The molecule has 1 saturated heterocycles. The number of piperidine rings is 1. The molecule has 2 heterocycles. The molecule has 24 heavy (non-hydrogen) atoms. The monoisotopic (exact) mass is 333 g/mol. The maximum Gasteiger partial charge on any atom is 0.253 e. The lowest BCUT2D eigenvalue weighted by molar-refractivity contribution is -0.131. The molecule has 0 saturated carbocycles. The lowest BCUT2D eigenvalue weighted by Gasteiger charge is -2.32. The number of hydrogen-bond acceptors (Lipinski definition) is 4. The molecule has 6 nitrogen and oxygen atoms in total. The Morgan fingerprint density at radius 1 is 1.33 bits per heavy atom. The van der Waals surface area contributed by atoms with Gasteiger partial charge in [0, 0.05) is 44.8 Å². The van der Waals surface area contributed by atoms with Crippen molar-refractivity contribution < 1.29 is 14.3 Å². The number of ether oxygens (including phenoxy) is 1. The predicted octanol–water partition coefficient (Wildman–Crippen LogP) is 1.88. The molecule has 2 amide bonds. The molecular weight excluding hydrogens is 306 g/mol. The Morgan fingerprint density at radius 3 is 2.67 bits per heavy atom. The van der Waals surface area contributed by atoms with E-state index >= 15 is 0 Å². The molecule has 0 aromatic carbocycles. The first-order valence-corrected chi connectivity index (χ1v) is 8.59. The molecule has 0 aliphatic carbocycles. The van der Waals surface area contributed by atoms with Gasteiger partial charge in [0.15, 0.2) is 0 Å². The zero-order valence-electron chi connectivity index (χ0n) is 14.8. The highest BCUT2D eigenvalue weighted by Crippen LogP contribution is 2.29. The smallest absolute Gasteiger partial charge is 0.253 e. The summed E-state index contributed by atoms with van der Waals surface area (Å²) in [5, 5.41) is 2.87. The van der Waals surface area contributed by atoms with Crippen molar-refractivity contribution in [3.8, 4) is 0 Å². The number of carbonyl (C=O) groups excluding carboxylic acids is 2. The van der Waals surface area contributed by atoms with Crippen LogP contribution in [0.2, 0.25) is 0 Å². The molecule has 0 atom stereocenters. The second-order valence-electron chi connectivity index (χ2n) is 6.14. The van der Waals surface area contributed by atoms with E-state index in [9.17, 15) is 9.59 Å². The first kappa shape index (κ1) is 18.4. The number of carbonyl (C=O) groups is 2. The van der Waals surface area contributed by atoms with Gasteiger partial charge in [0.05, 0.1) is 17.9 Å². The molecule has 1 N–H and O–H groups in total. The van der Waals surface area contributed by atoms with Gasteiger partial charge in [-0.25, -0.2) is 0 Å². The average Bonchev–Trinajstić information content (AvgIpc) is 2.61. The van der Waals surface area contributed by atoms with E-state index in [0.717, 1.165) is 37.3 Å². The number of rotatable bonds is 6. The second-order valence-corrected chi connectivity index (χ2v) is 6.14. The number of aromatic nitrogens is 1. The van der Waals surface area contributed by atoms with Gasteiger partial charge in [0.2, 0.25) is 5.91 Å². The highest BCUT2D eigenvalue weighted by molar-refractivity contribution is 5.95. The van der Waals surface area contributed by atoms with Gasteiger partial charge in [0.25, 0.3) is 5.91 Å². The van der Waals surface area contributed by atoms with Crippen molar-refractivity contribution in [3.05, 3.63) is 29.1 Å². The molecule has 1 aliphatic heterocycles. The first-order chi connectivity index (χ1) is 11.6. The maximum atomic E-state index is 12.4. The summed E-state index contributed by atoms with van der Waals surface area (Å²) in [5.74, 6) is 0.304. The van der Waals surface area contributed by atoms with Crippen LogP contribution in [0.15, 0.2) is 12.1 Å². The molecule has 0 radical (unpaired) electrons. The van der Waals surface area contributed by atoms with E-state index in [1.807, 2.05) is 30.9 Å². The van der Waals surface area contributed by atoms with Crippen LogP contribution in [0, 0.1) is 6.92 Å². The molecule has 6 heteroatoms. The van der Waals surface area contributed by atoms with Gasteiger partial charge >= 0.3 is 0 Å². The molecule has 2 rings (SSSR count). The summed E-state index contributed by atoms with van der Waals surface area (Å²) in [6, 6.07) is 3.72. The summed E-state index contributed by atoms with van der Waals surface area (Å²) < 4.78 is 4.97. The summed E-state index contributed by atoms with van der Waals surface area (Å²) in [4.78, 5) is 30.8. The Labute approximate surface area is 143 Å². The van der Waals surface area contributed by atoms with Crippen molar-refractivity contribution in [3.63, 3.8) is 0 Å².